The smallest absolute Gasteiger partial charge is 0.295 e. The molecule has 208 valence electrons. The van der Waals surface area contributed by atoms with Crippen LogP contribution in [0.2, 0.25) is 0 Å². The summed E-state index contributed by atoms with van der Waals surface area (Å²) >= 11 is 0. The predicted octanol–water partition coefficient (Wildman–Crippen LogP) is 4.60. The molecule has 2 aromatic rings. The Morgan fingerprint density at radius 3 is 1.90 bits per heavy atom. The number of hydrogen-bond donors (Lipinski definition) is 2. The molecule has 40 heavy (non-hydrogen) atoms. The Hall–Kier alpha value is -3.96. The lowest BCUT2D eigenvalue weighted by atomic mass is 9.40. The van der Waals surface area contributed by atoms with Crippen LogP contribution in [0, 0.1) is 10.8 Å². The first-order valence-corrected chi connectivity index (χ1v) is 12.2. The molecule has 2 aromatic carbocycles. The molecule has 0 saturated carbocycles. The molecule has 12 heteroatoms. The Labute approximate surface area is 222 Å². The number of halogens is 6. The molecular formula is C28H20F6N2O4. The van der Waals surface area contributed by atoms with Crippen molar-refractivity contribution in [3.8, 4) is 0 Å². The molecule has 2 N–H and O–H groups in total. The van der Waals surface area contributed by atoms with E-state index < -0.39 is 74.7 Å². The molecule has 0 radical (unpaired) electrons. The number of rotatable bonds is 2. The molecule has 3 aliphatic carbocycles. The van der Waals surface area contributed by atoms with Gasteiger partial charge in [-0.1, -0.05) is 48.9 Å². The van der Waals surface area contributed by atoms with Gasteiger partial charge in [-0.15, -0.1) is 0 Å². The van der Waals surface area contributed by atoms with Gasteiger partial charge in [-0.25, -0.2) is 0 Å². The minimum Gasteiger partial charge on any atom is -0.295 e. The predicted molar refractivity (Wildman–Crippen MR) is 126 cm³/mol. The Kier molecular flexibility index (Phi) is 4.74. The number of alkyl halides is 6. The van der Waals surface area contributed by atoms with Gasteiger partial charge in [0.15, 0.2) is 5.41 Å². The summed E-state index contributed by atoms with van der Waals surface area (Å²) < 4.78 is 93.1. The van der Waals surface area contributed by atoms with Crippen molar-refractivity contribution in [2.75, 3.05) is 0 Å². The number of amides is 4. The summed E-state index contributed by atoms with van der Waals surface area (Å²) in [6.07, 6.45) is -11.2. The molecule has 4 unspecified atom stereocenters. The highest BCUT2D eigenvalue weighted by Gasteiger charge is 2.85. The van der Waals surface area contributed by atoms with Crippen LogP contribution in [0.5, 0.6) is 0 Å². The molecule has 1 fully saturated rings. The van der Waals surface area contributed by atoms with E-state index in [0.717, 1.165) is 19.1 Å². The number of imide groups is 2. The van der Waals surface area contributed by atoms with E-state index in [1.165, 1.54) is 38.1 Å². The zero-order valence-corrected chi connectivity index (χ0v) is 21.1. The van der Waals surface area contributed by atoms with Crippen LogP contribution in [0.25, 0.3) is 0 Å². The topological polar surface area (TPSA) is 92.3 Å². The van der Waals surface area contributed by atoms with Crippen molar-refractivity contribution in [3.05, 3.63) is 81.9 Å². The lowest BCUT2D eigenvalue weighted by molar-refractivity contribution is -0.335. The molecule has 4 amide bonds. The van der Waals surface area contributed by atoms with E-state index in [2.05, 4.69) is 5.32 Å². The molecule has 6 nitrogen and oxygen atoms in total. The van der Waals surface area contributed by atoms with Crippen molar-refractivity contribution in [3.63, 3.8) is 0 Å². The van der Waals surface area contributed by atoms with Crippen LogP contribution in [0.1, 0.15) is 64.1 Å². The van der Waals surface area contributed by atoms with Gasteiger partial charge in [-0.3, -0.25) is 29.8 Å². The number of allylic oxidation sites excluding steroid dienone is 1. The number of carbonyl (C=O) groups is 4. The minimum atomic E-state index is -6.04. The van der Waals surface area contributed by atoms with Crippen molar-refractivity contribution in [1.29, 1.82) is 0 Å². The van der Waals surface area contributed by atoms with Gasteiger partial charge >= 0.3 is 12.4 Å². The van der Waals surface area contributed by atoms with Crippen LogP contribution in [-0.4, -0.2) is 36.0 Å². The zero-order chi connectivity index (χ0) is 29.4. The van der Waals surface area contributed by atoms with Gasteiger partial charge in [0.05, 0.1) is 16.5 Å². The third kappa shape index (κ3) is 2.49. The van der Waals surface area contributed by atoms with Crippen LogP contribution in [0.4, 0.5) is 26.3 Å². The molecule has 0 spiro atoms. The first-order valence-electron chi connectivity index (χ1n) is 12.2. The highest BCUT2D eigenvalue weighted by atomic mass is 19.4. The van der Waals surface area contributed by atoms with Crippen molar-refractivity contribution < 1.29 is 45.5 Å². The highest BCUT2D eigenvalue weighted by molar-refractivity contribution is 6.21. The fourth-order valence-electron chi connectivity index (χ4n) is 8.31. The maximum absolute atomic E-state index is 15.5. The van der Waals surface area contributed by atoms with Crippen LogP contribution in [-0.2, 0) is 20.4 Å². The summed E-state index contributed by atoms with van der Waals surface area (Å²) in [6.45, 7) is 3.29. The molecule has 4 atom stereocenters. The molecule has 1 saturated heterocycles. The number of benzene rings is 2. The molecule has 2 heterocycles. The summed E-state index contributed by atoms with van der Waals surface area (Å²) in [7, 11) is 0. The van der Waals surface area contributed by atoms with Crippen LogP contribution >= 0.6 is 0 Å². The Balaban J connectivity index is 1.80. The number of carbonyl (C=O) groups excluding carboxylic acids is 4. The normalized spacial score (nSPS) is 30.9. The quantitative estimate of drug-likeness (QED) is 0.318. The summed E-state index contributed by atoms with van der Waals surface area (Å²) in [5.41, 5.74) is -13.7. The lowest BCUT2D eigenvalue weighted by Crippen LogP contribution is -2.69. The molecule has 5 aliphatic rings. The van der Waals surface area contributed by atoms with E-state index in [-0.39, 0.29) is 22.3 Å². The van der Waals surface area contributed by atoms with Gasteiger partial charge in [0.2, 0.25) is 11.8 Å². The van der Waals surface area contributed by atoms with Gasteiger partial charge in [0, 0.05) is 11.3 Å². The average Bonchev–Trinajstić information content (AvgIpc) is 3.14. The Morgan fingerprint density at radius 1 is 0.750 bits per heavy atom. The molecule has 4 bridgehead atoms. The van der Waals surface area contributed by atoms with Crippen molar-refractivity contribution >= 4 is 23.6 Å². The van der Waals surface area contributed by atoms with E-state index in [1.54, 1.807) is 0 Å². The summed E-state index contributed by atoms with van der Waals surface area (Å²) in [6, 6.07) is 7.36. The molecular weight excluding hydrogens is 542 g/mol. The molecule has 0 aromatic heterocycles. The minimum absolute atomic E-state index is 0.0104. The van der Waals surface area contributed by atoms with Crippen LogP contribution < -0.4 is 10.6 Å². The van der Waals surface area contributed by atoms with E-state index in [9.17, 15) is 19.2 Å². The zero-order valence-electron chi connectivity index (χ0n) is 21.1. The van der Waals surface area contributed by atoms with Gasteiger partial charge in [-0.2, -0.15) is 26.3 Å². The number of fused-ring (bicyclic) bond motifs is 3. The van der Waals surface area contributed by atoms with Crippen molar-refractivity contribution in [2.24, 2.45) is 10.8 Å². The third-order valence-electron chi connectivity index (χ3n) is 9.61. The lowest BCUT2D eigenvalue weighted by Gasteiger charge is -2.60. The third-order valence-corrected chi connectivity index (χ3v) is 9.61. The molecule has 7 rings (SSSR count). The number of nitrogens with one attached hydrogen (secondary N) is 2. The second-order valence-corrected chi connectivity index (χ2v) is 11.2. The fourth-order valence-corrected chi connectivity index (χ4v) is 8.31. The highest BCUT2D eigenvalue weighted by Crippen LogP contribution is 2.75. The number of hydrogen-bond acceptors (Lipinski definition) is 4. The van der Waals surface area contributed by atoms with E-state index in [0.29, 0.717) is 12.1 Å². The van der Waals surface area contributed by atoms with Crippen molar-refractivity contribution in [2.45, 2.75) is 49.9 Å². The van der Waals surface area contributed by atoms with Gasteiger partial charge in [0.1, 0.15) is 5.41 Å². The van der Waals surface area contributed by atoms with Gasteiger partial charge in [-0.05, 0) is 42.7 Å². The van der Waals surface area contributed by atoms with Crippen LogP contribution in [0.15, 0.2) is 54.1 Å². The Bertz CT molecular complexity index is 1590. The maximum Gasteiger partial charge on any atom is 0.408 e. The first-order chi connectivity index (χ1) is 18.4. The maximum atomic E-state index is 15.5. The largest absolute Gasteiger partial charge is 0.408 e. The van der Waals surface area contributed by atoms with Gasteiger partial charge < -0.3 is 0 Å². The van der Waals surface area contributed by atoms with E-state index in [1.807, 2.05) is 5.32 Å². The summed E-state index contributed by atoms with van der Waals surface area (Å²) in [5.74, 6) is -5.70. The monoisotopic (exact) mass is 562 g/mol. The summed E-state index contributed by atoms with van der Waals surface area (Å²) in [5, 5.41) is 4.06. The van der Waals surface area contributed by atoms with Gasteiger partial charge in [0.25, 0.3) is 11.8 Å². The average molecular weight is 562 g/mol. The van der Waals surface area contributed by atoms with Crippen molar-refractivity contribution in [1.82, 2.24) is 10.6 Å². The van der Waals surface area contributed by atoms with E-state index in [4.69, 9.17) is 0 Å². The van der Waals surface area contributed by atoms with E-state index >= 15 is 26.3 Å². The Morgan fingerprint density at radius 2 is 1.32 bits per heavy atom. The summed E-state index contributed by atoms with van der Waals surface area (Å²) in [4.78, 5) is 51.4. The first kappa shape index (κ1) is 26.3. The second-order valence-electron chi connectivity index (χ2n) is 11.2. The SMILES string of the molecule is CC1=CC(C)(C(c2ccc3c(c2)C(=O)NC3=O)(C(F)(F)F)C(F)(F)F)C2c3ccc(cc3)C13C(=O)NC(=O)C23C. The standard InChI is InChI=1S/C28H20F6N2O4/c1-12-11-23(2,18-13-4-6-14(7-5-13)25(12)22(40)36-21(39)24(18,25)3)26(27(29,30)31,28(32,33)34)15-8-9-16-17(10-15)20(38)35-19(16)37/h4-11,18H,1-3H3,(H,35,37,38)(H,36,39,40). The van der Waals surface area contributed by atoms with Crippen LogP contribution in [0.3, 0.4) is 0 Å². The fraction of sp³-hybridized carbons (Fsp3) is 0.357. The molecule has 2 aliphatic heterocycles. The second kappa shape index (κ2) is 7.21.